The van der Waals surface area contributed by atoms with Crippen LogP contribution in [-0.2, 0) is 11.3 Å². The van der Waals surface area contributed by atoms with Crippen LogP contribution in [0.4, 0.5) is 16.7 Å². The molecule has 4 heterocycles. The van der Waals surface area contributed by atoms with Crippen molar-refractivity contribution in [2.75, 3.05) is 36.9 Å². The Hall–Kier alpha value is -3.93. The third kappa shape index (κ3) is 6.39. The second-order valence-electron chi connectivity index (χ2n) is 10.5. The van der Waals surface area contributed by atoms with Crippen molar-refractivity contribution in [1.29, 1.82) is 0 Å². The number of aromatic nitrogens is 4. The monoisotopic (exact) mass is 536 g/mol. The normalized spacial score (nSPS) is 18.3. The predicted molar refractivity (Wildman–Crippen MR) is 146 cm³/mol. The molecule has 39 heavy (non-hydrogen) atoms. The molecule has 1 atom stereocenters. The maximum absolute atomic E-state index is 12.9. The fourth-order valence-corrected chi connectivity index (χ4v) is 5.05. The van der Waals surface area contributed by atoms with Crippen molar-refractivity contribution in [2.45, 2.75) is 64.1 Å². The highest BCUT2D eigenvalue weighted by Gasteiger charge is 2.25. The van der Waals surface area contributed by atoms with Crippen LogP contribution in [0.5, 0.6) is 0 Å². The van der Waals surface area contributed by atoms with Crippen LogP contribution >= 0.6 is 0 Å². The Labute approximate surface area is 227 Å². The third-order valence-corrected chi connectivity index (χ3v) is 7.24. The summed E-state index contributed by atoms with van der Waals surface area (Å²) in [7, 11) is 0. The Morgan fingerprint density at radius 2 is 1.97 bits per heavy atom. The van der Waals surface area contributed by atoms with Gasteiger partial charge in [-0.25, -0.2) is 4.79 Å². The molecule has 2 amide bonds. The standard InChI is InChI=1S/C27H36N8O4/c1-17(2)22-15-29-35-23(22)32-25(31-20-8-11-39-12-9-20)33-26(35)28-14-18-5-3-6-19(13-18)24(36)30-21-7-4-10-34(16-21)27(37)38/h3,5-6,13,15,17,20-21H,4,7-12,14,16H2,1-2H3,(H,30,36)(H,37,38)(H2,28,31,32,33)/t21-/m0/s1. The van der Waals surface area contributed by atoms with Crippen LogP contribution in [0.3, 0.4) is 0 Å². The van der Waals surface area contributed by atoms with Crippen molar-refractivity contribution < 1.29 is 19.4 Å². The molecular formula is C27H36N8O4. The number of amides is 2. The minimum absolute atomic E-state index is 0.199. The SMILES string of the molecule is CC(C)c1cnn2c(NCc3cccc(C(=O)N[C@H]4CCCN(C(=O)O)C4)c3)nc(NC3CCOCC3)nc12. The van der Waals surface area contributed by atoms with Crippen LogP contribution in [0.25, 0.3) is 5.65 Å². The van der Waals surface area contributed by atoms with E-state index in [9.17, 15) is 14.7 Å². The van der Waals surface area contributed by atoms with Gasteiger partial charge in [0.25, 0.3) is 5.91 Å². The van der Waals surface area contributed by atoms with Gasteiger partial charge in [-0.05, 0) is 49.3 Å². The summed E-state index contributed by atoms with van der Waals surface area (Å²) in [6, 6.07) is 7.43. The number of hydrogen-bond donors (Lipinski definition) is 4. The Morgan fingerprint density at radius 1 is 1.15 bits per heavy atom. The van der Waals surface area contributed by atoms with E-state index in [1.165, 1.54) is 4.90 Å². The van der Waals surface area contributed by atoms with Gasteiger partial charge in [0.15, 0.2) is 5.65 Å². The molecular weight excluding hydrogens is 500 g/mol. The highest BCUT2D eigenvalue weighted by atomic mass is 16.5. The molecule has 5 rings (SSSR count). The molecule has 0 radical (unpaired) electrons. The number of anilines is 2. The fourth-order valence-electron chi connectivity index (χ4n) is 5.05. The fraction of sp³-hybridized carbons (Fsp3) is 0.519. The molecule has 0 unspecified atom stereocenters. The summed E-state index contributed by atoms with van der Waals surface area (Å²) in [5.74, 6) is 1.15. The number of fused-ring (bicyclic) bond motifs is 1. The van der Waals surface area contributed by atoms with Gasteiger partial charge in [-0.2, -0.15) is 19.6 Å². The number of rotatable bonds is 8. The summed E-state index contributed by atoms with van der Waals surface area (Å²) in [5, 5.41) is 23.6. The smallest absolute Gasteiger partial charge is 0.407 e. The Kier molecular flexibility index (Phi) is 8.10. The predicted octanol–water partition coefficient (Wildman–Crippen LogP) is 3.32. The first-order valence-corrected chi connectivity index (χ1v) is 13.6. The minimum atomic E-state index is -0.954. The number of carbonyl (C=O) groups is 2. The molecule has 4 N–H and O–H groups in total. The second-order valence-corrected chi connectivity index (χ2v) is 10.5. The molecule has 2 saturated heterocycles. The molecule has 12 heteroatoms. The van der Waals surface area contributed by atoms with Crippen molar-refractivity contribution in [2.24, 2.45) is 0 Å². The number of hydrogen-bond acceptors (Lipinski definition) is 8. The van der Waals surface area contributed by atoms with Crippen LogP contribution in [-0.4, -0.2) is 80.0 Å². The van der Waals surface area contributed by atoms with Crippen molar-refractivity contribution in [1.82, 2.24) is 29.8 Å². The van der Waals surface area contributed by atoms with E-state index in [0.29, 0.717) is 37.1 Å². The van der Waals surface area contributed by atoms with Crippen molar-refractivity contribution in [3.8, 4) is 0 Å². The number of nitrogens with zero attached hydrogens (tertiary/aromatic N) is 5. The summed E-state index contributed by atoms with van der Waals surface area (Å²) in [4.78, 5) is 35.1. The lowest BCUT2D eigenvalue weighted by atomic mass is 10.0. The van der Waals surface area contributed by atoms with E-state index >= 15 is 0 Å². The van der Waals surface area contributed by atoms with E-state index in [-0.39, 0.29) is 23.9 Å². The summed E-state index contributed by atoms with van der Waals surface area (Å²) in [6.07, 6.45) is 4.17. The van der Waals surface area contributed by atoms with Crippen molar-refractivity contribution >= 4 is 29.5 Å². The largest absolute Gasteiger partial charge is 0.465 e. The van der Waals surface area contributed by atoms with Crippen molar-refractivity contribution in [3.05, 3.63) is 47.2 Å². The Bertz CT molecular complexity index is 1320. The third-order valence-electron chi connectivity index (χ3n) is 7.24. The van der Waals surface area contributed by atoms with Crippen molar-refractivity contribution in [3.63, 3.8) is 0 Å². The molecule has 2 aliphatic heterocycles. The lowest BCUT2D eigenvalue weighted by Crippen LogP contribution is -2.49. The van der Waals surface area contributed by atoms with E-state index in [0.717, 1.165) is 55.7 Å². The van der Waals surface area contributed by atoms with E-state index in [1.807, 2.05) is 24.4 Å². The van der Waals surface area contributed by atoms with E-state index in [1.54, 1.807) is 10.6 Å². The molecule has 1 aromatic carbocycles. The molecule has 2 aromatic heterocycles. The van der Waals surface area contributed by atoms with Gasteiger partial charge in [-0.15, -0.1) is 0 Å². The number of likely N-dealkylation sites (tertiary alicyclic amines) is 1. The van der Waals surface area contributed by atoms with Gasteiger partial charge < -0.3 is 30.7 Å². The number of piperidine rings is 1. The zero-order valence-electron chi connectivity index (χ0n) is 22.4. The van der Waals surface area contributed by atoms with Gasteiger partial charge >= 0.3 is 6.09 Å². The van der Waals surface area contributed by atoms with Gasteiger partial charge in [0.2, 0.25) is 11.9 Å². The first kappa shape index (κ1) is 26.7. The van der Waals surface area contributed by atoms with E-state index in [4.69, 9.17) is 14.7 Å². The average molecular weight is 537 g/mol. The first-order valence-electron chi connectivity index (χ1n) is 13.6. The van der Waals surface area contributed by atoms with Crippen LogP contribution in [0, 0.1) is 0 Å². The molecule has 3 aromatic rings. The summed E-state index contributed by atoms with van der Waals surface area (Å²) in [5.41, 5.74) is 3.23. The Morgan fingerprint density at radius 3 is 2.74 bits per heavy atom. The van der Waals surface area contributed by atoms with E-state index < -0.39 is 6.09 Å². The number of carboxylic acid groups (broad SMARTS) is 1. The maximum atomic E-state index is 12.9. The highest BCUT2D eigenvalue weighted by molar-refractivity contribution is 5.94. The number of ether oxygens (including phenoxy) is 1. The molecule has 0 saturated carbocycles. The molecule has 0 bridgehead atoms. The molecule has 0 aliphatic carbocycles. The Balaban J connectivity index is 1.30. The van der Waals surface area contributed by atoms with Gasteiger partial charge in [-0.1, -0.05) is 26.0 Å². The lowest BCUT2D eigenvalue weighted by Gasteiger charge is -2.31. The number of benzene rings is 1. The van der Waals surface area contributed by atoms with Gasteiger partial charge in [0.1, 0.15) is 0 Å². The average Bonchev–Trinajstić information content (AvgIpc) is 3.37. The van der Waals surface area contributed by atoms with E-state index in [2.05, 4.69) is 34.9 Å². The second kappa shape index (κ2) is 11.9. The molecule has 12 nitrogen and oxygen atoms in total. The summed E-state index contributed by atoms with van der Waals surface area (Å²) in [6.45, 7) is 6.90. The molecule has 208 valence electrons. The highest BCUT2D eigenvalue weighted by Crippen LogP contribution is 2.23. The lowest BCUT2D eigenvalue weighted by molar-refractivity contribution is 0.0888. The van der Waals surface area contributed by atoms with Crippen LogP contribution in [0.2, 0.25) is 0 Å². The topological polar surface area (TPSA) is 146 Å². The van der Waals surface area contributed by atoms with Crippen LogP contribution < -0.4 is 16.0 Å². The van der Waals surface area contributed by atoms with Gasteiger partial charge in [0.05, 0.1) is 6.20 Å². The molecule has 2 aliphatic rings. The summed E-state index contributed by atoms with van der Waals surface area (Å²) < 4.78 is 7.20. The quantitative estimate of drug-likeness (QED) is 0.340. The van der Waals surface area contributed by atoms with Gasteiger partial charge in [0, 0.05) is 56.1 Å². The summed E-state index contributed by atoms with van der Waals surface area (Å²) >= 11 is 0. The molecule has 2 fully saturated rings. The zero-order chi connectivity index (χ0) is 27.4. The number of carbonyl (C=O) groups excluding carboxylic acids is 1. The zero-order valence-corrected chi connectivity index (χ0v) is 22.4. The van der Waals surface area contributed by atoms with Gasteiger partial charge in [-0.3, -0.25) is 4.79 Å². The minimum Gasteiger partial charge on any atom is -0.465 e. The van der Waals surface area contributed by atoms with Crippen LogP contribution in [0.15, 0.2) is 30.5 Å². The first-order chi connectivity index (χ1) is 18.9. The maximum Gasteiger partial charge on any atom is 0.407 e. The van der Waals surface area contributed by atoms with Crippen LogP contribution in [0.1, 0.15) is 66.9 Å². The number of nitrogens with one attached hydrogen (secondary N) is 3. The molecule has 0 spiro atoms.